The highest BCUT2D eigenvalue weighted by molar-refractivity contribution is 6.00. The van der Waals surface area contributed by atoms with E-state index in [1.165, 1.54) is 4.90 Å². The number of hydrogen-bond donors (Lipinski definition) is 2. The first kappa shape index (κ1) is 18.2. The largest absolute Gasteiger partial charge is 0.480 e. The van der Waals surface area contributed by atoms with Gasteiger partial charge < -0.3 is 10.4 Å². The molecule has 1 atom stereocenters. The van der Waals surface area contributed by atoms with Crippen molar-refractivity contribution in [2.45, 2.75) is 12.5 Å². The summed E-state index contributed by atoms with van der Waals surface area (Å²) in [6.45, 7) is 0. The summed E-state index contributed by atoms with van der Waals surface area (Å²) < 4.78 is 0. The molecule has 0 aromatic heterocycles. The second-order valence-corrected chi connectivity index (χ2v) is 6.04. The Morgan fingerprint density at radius 1 is 0.778 bits per heavy atom. The Hall–Kier alpha value is -3.60. The summed E-state index contributed by atoms with van der Waals surface area (Å²) in [5, 5.41) is 12.2. The van der Waals surface area contributed by atoms with Crippen LogP contribution >= 0.6 is 0 Å². The van der Waals surface area contributed by atoms with Crippen molar-refractivity contribution in [1.82, 2.24) is 5.32 Å². The Balaban J connectivity index is 1.86. The van der Waals surface area contributed by atoms with Gasteiger partial charge in [-0.25, -0.2) is 9.59 Å². The summed E-state index contributed by atoms with van der Waals surface area (Å²) in [5.74, 6) is -1.08. The number of benzene rings is 3. The number of carboxylic acids is 1. The number of hydrogen-bond acceptors (Lipinski definition) is 2. The predicted octanol–water partition coefficient (Wildman–Crippen LogP) is 4.23. The van der Waals surface area contributed by atoms with Crippen molar-refractivity contribution in [3.8, 4) is 0 Å². The van der Waals surface area contributed by atoms with Gasteiger partial charge in [-0.2, -0.15) is 0 Å². The molecule has 5 heteroatoms. The summed E-state index contributed by atoms with van der Waals surface area (Å²) in [4.78, 5) is 26.2. The molecule has 0 aliphatic heterocycles. The molecule has 0 saturated carbocycles. The van der Waals surface area contributed by atoms with Crippen LogP contribution in [0.2, 0.25) is 0 Å². The molecule has 0 bridgehead atoms. The molecule has 0 aliphatic rings. The van der Waals surface area contributed by atoms with Crippen LogP contribution in [0.1, 0.15) is 5.56 Å². The SMILES string of the molecule is O=C(O)[C@H](Cc1ccccc1)NC(=O)N(c1ccccc1)c1ccccc1. The van der Waals surface area contributed by atoms with Gasteiger partial charge in [0.25, 0.3) is 0 Å². The fourth-order valence-electron chi connectivity index (χ4n) is 2.80. The van der Waals surface area contributed by atoms with Crippen molar-refractivity contribution in [3.63, 3.8) is 0 Å². The Bertz CT molecular complexity index is 844. The average Bonchev–Trinajstić information content (AvgIpc) is 2.70. The molecule has 136 valence electrons. The van der Waals surface area contributed by atoms with Crippen LogP contribution in [0.15, 0.2) is 91.0 Å². The third kappa shape index (κ3) is 4.73. The van der Waals surface area contributed by atoms with Gasteiger partial charge >= 0.3 is 12.0 Å². The Morgan fingerprint density at radius 3 is 1.67 bits per heavy atom. The second-order valence-electron chi connectivity index (χ2n) is 6.04. The summed E-state index contributed by atoms with van der Waals surface area (Å²) in [6, 6.07) is 26.0. The standard InChI is InChI=1S/C22H20N2O3/c25-21(26)20(16-17-10-4-1-5-11-17)23-22(27)24(18-12-6-2-7-13-18)19-14-8-3-9-15-19/h1-15,20H,16H2,(H,23,27)(H,25,26)/t20-/m0/s1. The van der Waals surface area contributed by atoms with Gasteiger partial charge in [-0.1, -0.05) is 66.7 Å². The summed E-state index contributed by atoms with van der Waals surface area (Å²) in [5.41, 5.74) is 2.16. The molecule has 3 aromatic rings. The number of amides is 2. The van der Waals surface area contributed by atoms with Crippen molar-refractivity contribution < 1.29 is 14.7 Å². The van der Waals surface area contributed by atoms with E-state index in [0.29, 0.717) is 11.4 Å². The first-order chi connectivity index (χ1) is 13.1. The van der Waals surface area contributed by atoms with E-state index < -0.39 is 18.0 Å². The number of nitrogens with zero attached hydrogens (tertiary/aromatic N) is 1. The lowest BCUT2D eigenvalue weighted by molar-refractivity contribution is -0.139. The van der Waals surface area contributed by atoms with Crippen molar-refractivity contribution in [1.29, 1.82) is 0 Å². The number of rotatable bonds is 6. The number of carbonyl (C=O) groups excluding carboxylic acids is 1. The van der Waals surface area contributed by atoms with Gasteiger partial charge in [-0.05, 0) is 29.8 Å². The van der Waals surface area contributed by atoms with Crippen molar-refractivity contribution in [3.05, 3.63) is 96.6 Å². The minimum atomic E-state index is -1.08. The first-order valence-corrected chi connectivity index (χ1v) is 8.62. The molecule has 0 fully saturated rings. The van der Waals surface area contributed by atoms with E-state index >= 15 is 0 Å². The number of anilines is 2. The topological polar surface area (TPSA) is 69.6 Å². The molecular weight excluding hydrogens is 340 g/mol. The van der Waals surface area contributed by atoms with Gasteiger partial charge in [0.05, 0.1) is 11.4 Å². The lowest BCUT2D eigenvalue weighted by Gasteiger charge is -2.25. The number of nitrogens with one attached hydrogen (secondary N) is 1. The number of para-hydroxylation sites is 2. The lowest BCUT2D eigenvalue weighted by atomic mass is 10.1. The molecule has 27 heavy (non-hydrogen) atoms. The molecule has 2 N–H and O–H groups in total. The van der Waals surface area contributed by atoms with Gasteiger partial charge in [-0.3, -0.25) is 4.90 Å². The zero-order chi connectivity index (χ0) is 19.1. The van der Waals surface area contributed by atoms with E-state index in [2.05, 4.69) is 5.32 Å². The molecule has 2 amide bonds. The predicted molar refractivity (Wildman–Crippen MR) is 105 cm³/mol. The van der Waals surface area contributed by atoms with Crippen LogP contribution in [-0.4, -0.2) is 23.1 Å². The average molecular weight is 360 g/mol. The molecule has 5 nitrogen and oxygen atoms in total. The molecule has 3 aromatic carbocycles. The first-order valence-electron chi connectivity index (χ1n) is 8.62. The highest BCUT2D eigenvalue weighted by atomic mass is 16.4. The normalized spacial score (nSPS) is 11.4. The van der Waals surface area contributed by atoms with Crippen LogP contribution in [-0.2, 0) is 11.2 Å². The monoisotopic (exact) mass is 360 g/mol. The van der Waals surface area contributed by atoms with E-state index in [1.54, 1.807) is 24.3 Å². The Kier molecular flexibility index (Phi) is 5.84. The van der Waals surface area contributed by atoms with Crippen LogP contribution in [0.25, 0.3) is 0 Å². The molecule has 0 heterocycles. The number of carbonyl (C=O) groups is 2. The summed E-state index contributed by atoms with van der Waals surface area (Å²) in [6.07, 6.45) is 0.208. The molecule has 0 radical (unpaired) electrons. The molecule has 0 unspecified atom stereocenters. The van der Waals surface area contributed by atoms with E-state index in [-0.39, 0.29) is 6.42 Å². The van der Waals surface area contributed by atoms with Gasteiger partial charge in [-0.15, -0.1) is 0 Å². The Labute approximate surface area is 157 Å². The maximum Gasteiger partial charge on any atom is 0.327 e. The molecular formula is C22H20N2O3. The van der Waals surface area contributed by atoms with Gasteiger partial charge in [0.15, 0.2) is 0 Å². The van der Waals surface area contributed by atoms with Crippen molar-refractivity contribution in [2.75, 3.05) is 4.90 Å². The van der Waals surface area contributed by atoms with E-state index in [9.17, 15) is 14.7 Å². The number of urea groups is 1. The molecule has 0 aliphatic carbocycles. The van der Waals surface area contributed by atoms with E-state index in [0.717, 1.165) is 5.56 Å². The number of carboxylic acid groups (broad SMARTS) is 1. The zero-order valence-corrected chi connectivity index (χ0v) is 14.7. The summed E-state index contributed by atoms with van der Waals surface area (Å²) in [7, 11) is 0. The third-order valence-corrected chi connectivity index (χ3v) is 4.11. The minimum Gasteiger partial charge on any atom is -0.480 e. The van der Waals surface area contributed by atoms with Gasteiger partial charge in [0, 0.05) is 6.42 Å². The fourth-order valence-corrected chi connectivity index (χ4v) is 2.80. The van der Waals surface area contributed by atoms with Crippen LogP contribution in [0.5, 0.6) is 0 Å². The van der Waals surface area contributed by atoms with E-state index in [4.69, 9.17) is 0 Å². The van der Waals surface area contributed by atoms with Crippen LogP contribution in [0.4, 0.5) is 16.2 Å². The lowest BCUT2D eigenvalue weighted by Crippen LogP contribution is -2.47. The van der Waals surface area contributed by atoms with Crippen molar-refractivity contribution in [2.24, 2.45) is 0 Å². The number of aliphatic carboxylic acids is 1. The zero-order valence-electron chi connectivity index (χ0n) is 14.7. The second kappa shape index (κ2) is 8.67. The minimum absolute atomic E-state index is 0.208. The Morgan fingerprint density at radius 2 is 1.22 bits per heavy atom. The fraction of sp³-hybridized carbons (Fsp3) is 0.0909. The van der Waals surface area contributed by atoms with Crippen molar-refractivity contribution >= 4 is 23.4 Å². The molecule has 0 saturated heterocycles. The highest BCUT2D eigenvalue weighted by Gasteiger charge is 2.25. The van der Waals surface area contributed by atoms with Crippen LogP contribution < -0.4 is 10.2 Å². The quantitative estimate of drug-likeness (QED) is 0.691. The van der Waals surface area contributed by atoms with Crippen LogP contribution in [0, 0.1) is 0 Å². The third-order valence-electron chi connectivity index (χ3n) is 4.11. The van der Waals surface area contributed by atoms with Gasteiger partial charge in [0.2, 0.25) is 0 Å². The maximum absolute atomic E-state index is 13.0. The summed E-state index contributed by atoms with van der Waals surface area (Å²) >= 11 is 0. The van der Waals surface area contributed by atoms with Gasteiger partial charge in [0.1, 0.15) is 6.04 Å². The smallest absolute Gasteiger partial charge is 0.327 e. The molecule has 0 spiro atoms. The van der Waals surface area contributed by atoms with Crippen LogP contribution in [0.3, 0.4) is 0 Å². The van der Waals surface area contributed by atoms with E-state index in [1.807, 2.05) is 66.7 Å². The molecule has 3 rings (SSSR count). The highest BCUT2D eigenvalue weighted by Crippen LogP contribution is 2.25. The maximum atomic E-state index is 13.0.